The fraction of sp³-hybridized carbons (Fsp3) is 0.455. The van der Waals surface area contributed by atoms with Crippen molar-refractivity contribution in [1.82, 2.24) is 5.32 Å². The third-order valence-electron chi connectivity index (χ3n) is 2.46. The van der Waals surface area contributed by atoms with Gasteiger partial charge in [0, 0.05) is 11.1 Å². The van der Waals surface area contributed by atoms with Gasteiger partial charge in [0.1, 0.15) is 5.82 Å². The zero-order valence-electron chi connectivity index (χ0n) is 8.98. The van der Waals surface area contributed by atoms with Crippen LogP contribution in [-0.4, -0.2) is 13.6 Å². The third kappa shape index (κ3) is 2.91. The van der Waals surface area contributed by atoms with Crippen molar-refractivity contribution in [3.8, 4) is 0 Å². The fourth-order valence-electron chi connectivity index (χ4n) is 1.55. The summed E-state index contributed by atoms with van der Waals surface area (Å²) < 4.78 is 13.4. The van der Waals surface area contributed by atoms with Crippen LogP contribution in [0.4, 0.5) is 4.39 Å². The fourth-order valence-corrected chi connectivity index (χ4v) is 1.90. The van der Waals surface area contributed by atoms with E-state index in [4.69, 9.17) is 17.3 Å². The highest BCUT2D eigenvalue weighted by atomic mass is 35.5. The molecule has 0 amide bonds. The van der Waals surface area contributed by atoms with Crippen LogP contribution in [0.15, 0.2) is 12.1 Å². The molecule has 0 heterocycles. The minimum atomic E-state index is -0.230. The molecule has 3 N–H and O–H groups in total. The number of halogens is 2. The summed E-state index contributed by atoms with van der Waals surface area (Å²) in [7, 11) is 1.81. The maximum Gasteiger partial charge on any atom is 0.126 e. The topological polar surface area (TPSA) is 38.0 Å². The minimum Gasteiger partial charge on any atom is -0.330 e. The molecule has 4 heteroatoms. The lowest BCUT2D eigenvalue weighted by molar-refractivity contribution is 0.547. The van der Waals surface area contributed by atoms with Crippen LogP contribution in [0.25, 0.3) is 0 Å². The molecule has 0 aliphatic rings. The van der Waals surface area contributed by atoms with Gasteiger partial charge in [-0.3, -0.25) is 0 Å². The lowest BCUT2D eigenvalue weighted by atomic mass is 10.0. The summed E-state index contributed by atoms with van der Waals surface area (Å²) in [5, 5.41) is 3.66. The number of benzene rings is 1. The first kappa shape index (κ1) is 12.4. The summed E-state index contributed by atoms with van der Waals surface area (Å²) >= 11 is 6.06. The summed E-state index contributed by atoms with van der Waals surface area (Å²) in [5.74, 6) is -0.230. The quantitative estimate of drug-likeness (QED) is 0.834. The van der Waals surface area contributed by atoms with Crippen LogP contribution in [0, 0.1) is 12.7 Å². The smallest absolute Gasteiger partial charge is 0.126 e. The summed E-state index contributed by atoms with van der Waals surface area (Å²) in [6.07, 6.45) is 0.735. The van der Waals surface area contributed by atoms with Crippen molar-refractivity contribution >= 4 is 11.6 Å². The number of aryl methyl sites for hydroxylation is 1. The van der Waals surface area contributed by atoms with Gasteiger partial charge in [0.15, 0.2) is 0 Å². The molecular weight excluding hydrogens is 215 g/mol. The van der Waals surface area contributed by atoms with Crippen molar-refractivity contribution in [1.29, 1.82) is 0 Å². The first-order chi connectivity index (χ1) is 7.10. The number of nitrogens with one attached hydrogen (secondary N) is 1. The Labute approximate surface area is 94.6 Å². The van der Waals surface area contributed by atoms with Gasteiger partial charge >= 0.3 is 0 Å². The maximum absolute atomic E-state index is 13.4. The highest BCUT2D eigenvalue weighted by Gasteiger charge is 2.14. The van der Waals surface area contributed by atoms with Crippen molar-refractivity contribution in [2.45, 2.75) is 19.4 Å². The van der Waals surface area contributed by atoms with Gasteiger partial charge in [-0.2, -0.15) is 0 Å². The third-order valence-corrected chi connectivity index (χ3v) is 2.78. The lowest BCUT2D eigenvalue weighted by Crippen LogP contribution is -2.20. The summed E-state index contributed by atoms with van der Waals surface area (Å²) in [5.41, 5.74) is 6.82. The predicted octanol–water partition coefficient (Wildman–Crippen LogP) is 2.40. The Morgan fingerprint density at radius 1 is 1.53 bits per heavy atom. The van der Waals surface area contributed by atoms with E-state index >= 15 is 0 Å². The molecule has 0 radical (unpaired) electrons. The van der Waals surface area contributed by atoms with Gasteiger partial charge in [-0.25, -0.2) is 4.39 Å². The summed E-state index contributed by atoms with van der Waals surface area (Å²) in [6, 6.07) is 3.14. The molecule has 0 bridgehead atoms. The molecule has 1 aromatic rings. The van der Waals surface area contributed by atoms with Crippen LogP contribution in [0.1, 0.15) is 23.6 Å². The highest BCUT2D eigenvalue weighted by molar-refractivity contribution is 6.31. The lowest BCUT2D eigenvalue weighted by Gasteiger charge is -2.17. The van der Waals surface area contributed by atoms with Crippen molar-refractivity contribution in [3.63, 3.8) is 0 Å². The van der Waals surface area contributed by atoms with E-state index in [0.717, 1.165) is 12.0 Å². The Morgan fingerprint density at radius 3 is 2.73 bits per heavy atom. The van der Waals surface area contributed by atoms with Gasteiger partial charge in [0.05, 0.1) is 0 Å². The number of hydrogen-bond acceptors (Lipinski definition) is 2. The molecule has 1 atom stereocenters. The van der Waals surface area contributed by atoms with Crippen LogP contribution in [0.5, 0.6) is 0 Å². The Bertz CT molecular complexity index is 342. The Balaban J connectivity index is 3.06. The largest absolute Gasteiger partial charge is 0.330 e. The Hall–Kier alpha value is -0.640. The zero-order chi connectivity index (χ0) is 11.4. The molecule has 0 saturated heterocycles. The van der Waals surface area contributed by atoms with Gasteiger partial charge in [0.25, 0.3) is 0 Å². The molecule has 0 aromatic heterocycles. The van der Waals surface area contributed by atoms with Gasteiger partial charge in [-0.15, -0.1) is 0 Å². The van der Waals surface area contributed by atoms with Gasteiger partial charge in [-0.05, 0) is 50.2 Å². The second-order valence-electron chi connectivity index (χ2n) is 3.54. The molecule has 2 nitrogen and oxygen atoms in total. The van der Waals surface area contributed by atoms with Gasteiger partial charge < -0.3 is 11.1 Å². The molecule has 1 rings (SSSR count). The van der Waals surface area contributed by atoms with Crippen LogP contribution < -0.4 is 11.1 Å². The van der Waals surface area contributed by atoms with Crippen LogP contribution >= 0.6 is 11.6 Å². The molecular formula is C11H16ClFN2. The van der Waals surface area contributed by atoms with E-state index < -0.39 is 0 Å². The van der Waals surface area contributed by atoms with Crippen LogP contribution in [0.3, 0.4) is 0 Å². The van der Waals surface area contributed by atoms with Crippen molar-refractivity contribution < 1.29 is 4.39 Å². The van der Waals surface area contributed by atoms with E-state index in [1.807, 2.05) is 7.05 Å². The molecule has 1 unspecified atom stereocenters. The molecule has 1 aromatic carbocycles. The molecule has 84 valence electrons. The number of rotatable bonds is 4. The number of hydrogen-bond donors (Lipinski definition) is 2. The summed E-state index contributed by atoms with van der Waals surface area (Å²) in [4.78, 5) is 0. The zero-order valence-corrected chi connectivity index (χ0v) is 9.74. The standard InChI is InChI=1S/C11H16ClFN2/c1-7-5-9(12)8(6-10(7)13)11(15-2)3-4-14/h5-6,11,15H,3-4,14H2,1-2H3. The van der Waals surface area contributed by atoms with Gasteiger partial charge in [-0.1, -0.05) is 11.6 Å². The summed E-state index contributed by atoms with van der Waals surface area (Å²) in [6.45, 7) is 2.24. The van der Waals surface area contributed by atoms with E-state index in [0.29, 0.717) is 17.1 Å². The number of nitrogens with two attached hydrogens (primary N) is 1. The second-order valence-corrected chi connectivity index (χ2v) is 3.95. The van der Waals surface area contributed by atoms with E-state index in [9.17, 15) is 4.39 Å². The Morgan fingerprint density at radius 2 is 2.20 bits per heavy atom. The predicted molar refractivity (Wildman–Crippen MR) is 61.6 cm³/mol. The first-order valence-electron chi connectivity index (χ1n) is 4.93. The average Bonchev–Trinajstić information content (AvgIpc) is 2.20. The second kappa shape index (κ2) is 5.45. The highest BCUT2D eigenvalue weighted by Crippen LogP contribution is 2.27. The molecule has 15 heavy (non-hydrogen) atoms. The van der Waals surface area contributed by atoms with E-state index in [1.165, 1.54) is 6.07 Å². The van der Waals surface area contributed by atoms with Crippen LogP contribution in [-0.2, 0) is 0 Å². The molecule has 0 aliphatic carbocycles. The van der Waals surface area contributed by atoms with E-state index in [2.05, 4.69) is 5.32 Å². The molecule has 0 saturated carbocycles. The van der Waals surface area contributed by atoms with Crippen molar-refractivity contribution in [2.24, 2.45) is 5.73 Å². The molecule has 0 fully saturated rings. The maximum atomic E-state index is 13.4. The van der Waals surface area contributed by atoms with Crippen molar-refractivity contribution in [3.05, 3.63) is 34.1 Å². The average molecular weight is 231 g/mol. The minimum absolute atomic E-state index is 0.0117. The monoisotopic (exact) mass is 230 g/mol. The van der Waals surface area contributed by atoms with E-state index in [1.54, 1.807) is 13.0 Å². The molecule has 0 aliphatic heterocycles. The Kier molecular flexibility index (Phi) is 4.51. The van der Waals surface area contributed by atoms with E-state index in [-0.39, 0.29) is 11.9 Å². The molecule has 0 spiro atoms. The normalized spacial score (nSPS) is 12.9. The van der Waals surface area contributed by atoms with Crippen LogP contribution in [0.2, 0.25) is 5.02 Å². The van der Waals surface area contributed by atoms with Crippen molar-refractivity contribution in [2.75, 3.05) is 13.6 Å². The first-order valence-corrected chi connectivity index (χ1v) is 5.30. The SMILES string of the molecule is CNC(CCN)c1cc(F)c(C)cc1Cl. The van der Waals surface area contributed by atoms with Gasteiger partial charge in [0.2, 0.25) is 0 Å².